The number of hydrogen-bond donors (Lipinski definition) is 1. The average molecular weight is 368 g/mol. The van der Waals surface area contributed by atoms with Crippen molar-refractivity contribution in [2.75, 3.05) is 5.75 Å². The third kappa shape index (κ3) is 5.86. The van der Waals surface area contributed by atoms with Gasteiger partial charge in [0, 0.05) is 17.0 Å². The van der Waals surface area contributed by atoms with Crippen molar-refractivity contribution in [3.8, 4) is 0 Å². The van der Waals surface area contributed by atoms with E-state index < -0.39 is 17.6 Å². The maximum absolute atomic E-state index is 12.8. The predicted octanol–water partition coefficient (Wildman–Crippen LogP) is 3.35. The van der Waals surface area contributed by atoms with Gasteiger partial charge in [-0.15, -0.1) is 0 Å². The van der Waals surface area contributed by atoms with Crippen LogP contribution < -0.4 is 5.43 Å². The van der Waals surface area contributed by atoms with Gasteiger partial charge >= 0.3 is 6.18 Å². The van der Waals surface area contributed by atoms with Crippen LogP contribution >= 0.6 is 11.8 Å². The van der Waals surface area contributed by atoms with Crippen molar-refractivity contribution in [1.29, 1.82) is 0 Å². The summed E-state index contributed by atoms with van der Waals surface area (Å²) in [6, 6.07) is 6.80. The Hall–Kier alpha value is -2.42. The van der Waals surface area contributed by atoms with Gasteiger partial charge in [-0.25, -0.2) is 15.4 Å². The summed E-state index contributed by atoms with van der Waals surface area (Å²) >= 11 is 1.12. The van der Waals surface area contributed by atoms with Gasteiger partial charge in [0.2, 0.25) is 0 Å². The fraction of sp³-hybridized carbons (Fsp3) is 0.250. The lowest BCUT2D eigenvalue weighted by Gasteiger charge is -2.09. The van der Waals surface area contributed by atoms with E-state index in [0.29, 0.717) is 5.16 Å². The number of rotatable bonds is 5. The zero-order chi connectivity index (χ0) is 18.4. The van der Waals surface area contributed by atoms with Gasteiger partial charge < -0.3 is 0 Å². The number of amides is 1. The molecule has 1 N–H and O–H groups in total. The third-order valence-corrected chi connectivity index (χ3v) is 3.80. The van der Waals surface area contributed by atoms with Crippen molar-refractivity contribution in [2.45, 2.75) is 25.2 Å². The highest BCUT2D eigenvalue weighted by molar-refractivity contribution is 7.99. The van der Waals surface area contributed by atoms with Gasteiger partial charge in [0.15, 0.2) is 5.16 Å². The number of thioether (sulfide) groups is 1. The minimum atomic E-state index is -4.48. The van der Waals surface area contributed by atoms with E-state index >= 15 is 0 Å². The molecule has 132 valence electrons. The monoisotopic (exact) mass is 368 g/mol. The molecule has 0 saturated carbocycles. The van der Waals surface area contributed by atoms with Gasteiger partial charge in [0.25, 0.3) is 5.91 Å². The first-order chi connectivity index (χ1) is 11.8. The zero-order valence-corrected chi connectivity index (χ0v) is 14.3. The smallest absolute Gasteiger partial charge is 0.272 e. The maximum atomic E-state index is 12.8. The maximum Gasteiger partial charge on any atom is 0.417 e. The van der Waals surface area contributed by atoms with Crippen molar-refractivity contribution < 1.29 is 18.0 Å². The number of nitrogens with one attached hydrogen (secondary N) is 1. The minimum Gasteiger partial charge on any atom is -0.272 e. The molecule has 0 bridgehead atoms. The molecule has 9 heteroatoms. The van der Waals surface area contributed by atoms with Crippen molar-refractivity contribution in [1.82, 2.24) is 15.4 Å². The summed E-state index contributed by atoms with van der Waals surface area (Å²) < 4.78 is 38.5. The van der Waals surface area contributed by atoms with E-state index in [1.165, 1.54) is 18.2 Å². The van der Waals surface area contributed by atoms with Crippen molar-refractivity contribution >= 4 is 23.9 Å². The molecule has 0 aliphatic carbocycles. The molecule has 0 spiro atoms. The summed E-state index contributed by atoms with van der Waals surface area (Å²) in [5.74, 6) is -0.463. The SMILES string of the molecule is Cc1cc(C)nc(SCC(=O)N/N=C/c2ccccc2C(F)(F)F)n1. The molecule has 2 aromatic rings. The Morgan fingerprint density at radius 2 is 1.88 bits per heavy atom. The summed E-state index contributed by atoms with van der Waals surface area (Å²) in [5.41, 5.74) is 2.84. The van der Waals surface area contributed by atoms with E-state index in [1.807, 2.05) is 19.9 Å². The molecule has 0 aliphatic heterocycles. The van der Waals surface area contributed by atoms with Crippen LogP contribution in [0.4, 0.5) is 13.2 Å². The standard InChI is InChI=1S/C16H15F3N4OS/c1-10-7-11(2)22-15(21-10)25-9-14(24)23-20-8-12-5-3-4-6-13(12)16(17,18)19/h3-8H,9H2,1-2H3,(H,23,24)/b20-8+. The number of hydrogen-bond acceptors (Lipinski definition) is 5. The molecule has 1 heterocycles. The first kappa shape index (κ1) is 18.9. The molecule has 0 fully saturated rings. The van der Waals surface area contributed by atoms with Crippen LogP contribution in [0.1, 0.15) is 22.5 Å². The second kappa shape index (κ2) is 8.11. The van der Waals surface area contributed by atoms with Crippen LogP contribution in [-0.4, -0.2) is 27.8 Å². The minimum absolute atomic E-state index is 0.00114. The molecule has 5 nitrogen and oxygen atoms in total. The number of nitrogens with zero attached hydrogens (tertiary/aromatic N) is 3. The van der Waals surface area contributed by atoms with Gasteiger partial charge in [-0.3, -0.25) is 4.79 Å². The number of halogens is 3. The van der Waals surface area contributed by atoms with Crippen LogP contribution in [-0.2, 0) is 11.0 Å². The molecule has 0 aliphatic rings. The fourth-order valence-corrected chi connectivity index (χ4v) is 2.70. The molecule has 2 rings (SSSR count). The number of benzene rings is 1. The molecular formula is C16H15F3N4OS. The average Bonchev–Trinajstić information content (AvgIpc) is 2.51. The Balaban J connectivity index is 1.93. The molecule has 0 atom stereocenters. The van der Waals surface area contributed by atoms with Crippen LogP contribution in [0.5, 0.6) is 0 Å². The second-order valence-corrected chi connectivity index (χ2v) is 6.04. The van der Waals surface area contributed by atoms with Gasteiger partial charge in [-0.1, -0.05) is 30.0 Å². The van der Waals surface area contributed by atoms with Crippen molar-refractivity contribution in [3.63, 3.8) is 0 Å². The van der Waals surface area contributed by atoms with Crippen LogP contribution in [0.3, 0.4) is 0 Å². The lowest BCUT2D eigenvalue weighted by molar-refractivity contribution is -0.137. The molecule has 1 aromatic carbocycles. The summed E-state index contributed by atoms with van der Waals surface area (Å²) in [4.78, 5) is 20.1. The number of carbonyl (C=O) groups excluding carboxylic acids is 1. The third-order valence-electron chi connectivity index (χ3n) is 2.95. The van der Waals surface area contributed by atoms with E-state index in [-0.39, 0.29) is 11.3 Å². The molecule has 1 amide bonds. The largest absolute Gasteiger partial charge is 0.417 e. The Bertz CT molecular complexity index is 773. The van der Waals surface area contributed by atoms with E-state index in [9.17, 15) is 18.0 Å². The van der Waals surface area contributed by atoms with Crippen LogP contribution in [0.15, 0.2) is 40.6 Å². The lowest BCUT2D eigenvalue weighted by atomic mass is 10.1. The van der Waals surface area contributed by atoms with Gasteiger partial charge in [-0.05, 0) is 26.0 Å². The number of aromatic nitrogens is 2. The summed E-state index contributed by atoms with van der Waals surface area (Å²) in [6.07, 6.45) is -3.51. The summed E-state index contributed by atoms with van der Waals surface area (Å²) in [5, 5.41) is 4.04. The quantitative estimate of drug-likeness (QED) is 0.380. The van der Waals surface area contributed by atoms with Crippen LogP contribution in [0, 0.1) is 13.8 Å². The number of hydrazone groups is 1. The highest BCUT2D eigenvalue weighted by atomic mass is 32.2. The fourth-order valence-electron chi connectivity index (χ4n) is 1.96. The number of carbonyl (C=O) groups is 1. The Morgan fingerprint density at radius 3 is 2.52 bits per heavy atom. The molecule has 0 radical (unpaired) electrons. The Kier molecular flexibility index (Phi) is 6.13. The normalized spacial score (nSPS) is 11.7. The zero-order valence-electron chi connectivity index (χ0n) is 13.5. The Morgan fingerprint density at radius 1 is 1.24 bits per heavy atom. The van der Waals surface area contributed by atoms with Crippen molar-refractivity contribution in [3.05, 3.63) is 52.8 Å². The highest BCUT2D eigenvalue weighted by Crippen LogP contribution is 2.31. The molecule has 0 unspecified atom stereocenters. The predicted molar refractivity (Wildman–Crippen MR) is 89.4 cm³/mol. The lowest BCUT2D eigenvalue weighted by Crippen LogP contribution is -2.20. The number of alkyl halides is 3. The molecule has 25 heavy (non-hydrogen) atoms. The van der Waals surface area contributed by atoms with Crippen LogP contribution in [0.25, 0.3) is 0 Å². The van der Waals surface area contributed by atoms with Gasteiger partial charge in [0.05, 0.1) is 17.5 Å². The first-order valence-electron chi connectivity index (χ1n) is 7.19. The van der Waals surface area contributed by atoms with E-state index in [1.54, 1.807) is 0 Å². The van der Waals surface area contributed by atoms with E-state index in [2.05, 4.69) is 20.5 Å². The number of aryl methyl sites for hydroxylation is 2. The summed E-state index contributed by atoms with van der Waals surface area (Å²) in [6.45, 7) is 3.64. The summed E-state index contributed by atoms with van der Waals surface area (Å²) in [7, 11) is 0. The van der Waals surface area contributed by atoms with Gasteiger partial charge in [-0.2, -0.15) is 18.3 Å². The van der Waals surface area contributed by atoms with Crippen LogP contribution in [0.2, 0.25) is 0 Å². The second-order valence-electron chi connectivity index (χ2n) is 5.10. The van der Waals surface area contributed by atoms with E-state index in [0.717, 1.165) is 35.4 Å². The highest BCUT2D eigenvalue weighted by Gasteiger charge is 2.32. The first-order valence-corrected chi connectivity index (χ1v) is 8.17. The molecular weight excluding hydrogens is 353 g/mol. The molecule has 0 saturated heterocycles. The van der Waals surface area contributed by atoms with Crippen molar-refractivity contribution in [2.24, 2.45) is 5.10 Å². The van der Waals surface area contributed by atoms with Gasteiger partial charge in [0.1, 0.15) is 0 Å². The van der Waals surface area contributed by atoms with E-state index in [4.69, 9.17) is 0 Å². The topological polar surface area (TPSA) is 67.2 Å². The molecule has 1 aromatic heterocycles. The Labute approximate surface area is 146 Å².